The van der Waals surface area contributed by atoms with Crippen LogP contribution >= 0.6 is 34.7 Å². The molecule has 1 aliphatic rings. The van der Waals surface area contributed by atoms with E-state index in [1.54, 1.807) is 23.5 Å². The maximum absolute atomic E-state index is 12.5. The maximum atomic E-state index is 12.5. The number of thioether (sulfide) groups is 1. The summed E-state index contributed by atoms with van der Waals surface area (Å²) in [6, 6.07) is 3.39. The Morgan fingerprint density at radius 3 is 2.96 bits per heavy atom. The van der Waals surface area contributed by atoms with Crippen molar-refractivity contribution >= 4 is 56.6 Å². The molecule has 0 saturated carbocycles. The Balaban J connectivity index is 1.58. The predicted octanol–water partition coefficient (Wildman–Crippen LogP) is 4.66. The number of hydrogen-bond acceptors (Lipinski definition) is 6. The van der Waals surface area contributed by atoms with Crippen LogP contribution < -0.4 is 5.32 Å². The molecule has 0 spiro atoms. The molecule has 1 amide bonds. The number of nitrogens with zero attached hydrogens (tertiary/aromatic N) is 3. The van der Waals surface area contributed by atoms with Crippen molar-refractivity contribution in [2.75, 3.05) is 5.32 Å². The highest BCUT2D eigenvalue weighted by Gasteiger charge is 2.24. The summed E-state index contributed by atoms with van der Waals surface area (Å²) in [5.41, 5.74) is 1.37. The van der Waals surface area contributed by atoms with E-state index in [2.05, 4.69) is 20.3 Å². The van der Waals surface area contributed by atoms with Crippen molar-refractivity contribution in [1.29, 1.82) is 0 Å². The molecule has 0 saturated heterocycles. The van der Waals surface area contributed by atoms with Crippen LogP contribution in [0.4, 0.5) is 5.82 Å². The van der Waals surface area contributed by atoms with Crippen molar-refractivity contribution in [2.24, 2.45) is 0 Å². The smallest absolute Gasteiger partial charge is 0.238 e. The number of carbonyl (C=O) groups is 1. The zero-order chi connectivity index (χ0) is 18.3. The SMILES string of the molecule is Cc1nc(S[C@@H](C)C(=O)Nc2ccc(Cl)cn2)c2c3c(sc2n1)CCC3. The molecule has 3 aromatic rings. The fourth-order valence-corrected chi connectivity index (χ4v) is 5.55. The second-order valence-electron chi connectivity index (χ2n) is 6.22. The first-order valence-electron chi connectivity index (χ1n) is 8.39. The Morgan fingerprint density at radius 1 is 1.35 bits per heavy atom. The number of hydrogen-bond donors (Lipinski definition) is 1. The number of amides is 1. The van der Waals surface area contributed by atoms with Gasteiger partial charge in [0.05, 0.1) is 10.3 Å². The number of pyridine rings is 1. The third-order valence-corrected chi connectivity index (χ3v) is 6.78. The van der Waals surface area contributed by atoms with Crippen LogP contribution in [0.25, 0.3) is 10.2 Å². The van der Waals surface area contributed by atoms with Gasteiger partial charge < -0.3 is 5.32 Å². The first kappa shape index (κ1) is 17.7. The van der Waals surface area contributed by atoms with Gasteiger partial charge in [0.25, 0.3) is 0 Å². The maximum Gasteiger partial charge on any atom is 0.238 e. The van der Waals surface area contributed by atoms with Gasteiger partial charge in [0.1, 0.15) is 21.5 Å². The number of anilines is 1. The van der Waals surface area contributed by atoms with Crippen LogP contribution in [-0.2, 0) is 17.6 Å². The molecule has 0 fully saturated rings. The van der Waals surface area contributed by atoms with E-state index in [0.29, 0.717) is 10.8 Å². The summed E-state index contributed by atoms with van der Waals surface area (Å²) in [4.78, 5) is 28.4. The van der Waals surface area contributed by atoms with E-state index >= 15 is 0 Å². The standard InChI is InChI=1S/C18H17ClN4OS2/c1-9(16(24)23-14-7-6-11(19)8-20-14)25-17-15-12-4-3-5-13(12)26-18(15)22-10(2)21-17/h6-9H,3-5H2,1-2H3,(H,20,23,24)/t9-/m0/s1. The van der Waals surface area contributed by atoms with Gasteiger partial charge in [0.2, 0.25) is 5.91 Å². The van der Waals surface area contributed by atoms with E-state index in [9.17, 15) is 4.79 Å². The molecule has 4 rings (SSSR count). The molecule has 26 heavy (non-hydrogen) atoms. The molecule has 0 aromatic carbocycles. The zero-order valence-electron chi connectivity index (χ0n) is 14.4. The lowest BCUT2D eigenvalue weighted by Gasteiger charge is -2.12. The number of halogens is 1. The summed E-state index contributed by atoms with van der Waals surface area (Å²) in [6.45, 7) is 3.78. The molecule has 0 bridgehead atoms. The van der Waals surface area contributed by atoms with Crippen LogP contribution in [0.3, 0.4) is 0 Å². The minimum atomic E-state index is -0.304. The van der Waals surface area contributed by atoms with Crippen LogP contribution in [0, 0.1) is 6.92 Å². The summed E-state index contributed by atoms with van der Waals surface area (Å²) < 4.78 is 0. The third-order valence-electron chi connectivity index (χ3n) is 4.28. The number of rotatable bonds is 4. The summed E-state index contributed by atoms with van der Waals surface area (Å²) in [5.74, 6) is 1.13. The molecule has 3 heterocycles. The third kappa shape index (κ3) is 3.43. The van der Waals surface area contributed by atoms with E-state index in [-0.39, 0.29) is 11.2 Å². The Labute approximate surface area is 164 Å². The Kier molecular flexibility index (Phi) is 4.86. The average molecular weight is 405 g/mol. The largest absolute Gasteiger partial charge is 0.310 e. The van der Waals surface area contributed by atoms with Crippen LogP contribution in [-0.4, -0.2) is 26.1 Å². The molecular weight excluding hydrogens is 388 g/mol. The number of fused-ring (bicyclic) bond motifs is 3. The van der Waals surface area contributed by atoms with E-state index < -0.39 is 0 Å². The highest BCUT2D eigenvalue weighted by molar-refractivity contribution is 8.00. The molecule has 5 nitrogen and oxygen atoms in total. The summed E-state index contributed by atoms with van der Waals surface area (Å²) in [6.07, 6.45) is 4.90. The van der Waals surface area contributed by atoms with Gasteiger partial charge in [0, 0.05) is 16.5 Å². The molecule has 134 valence electrons. The Bertz CT molecular complexity index is 987. The quantitative estimate of drug-likeness (QED) is 0.506. The molecule has 8 heteroatoms. The topological polar surface area (TPSA) is 67.8 Å². The second-order valence-corrected chi connectivity index (χ2v) is 9.07. The number of carbonyl (C=O) groups excluding carboxylic acids is 1. The van der Waals surface area contributed by atoms with E-state index in [1.807, 2.05) is 13.8 Å². The summed E-state index contributed by atoms with van der Waals surface area (Å²) in [7, 11) is 0. The normalized spacial score (nSPS) is 14.4. The Morgan fingerprint density at radius 2 is 2.19 bits per heavy atom. The van der Waals surface area contributed by atoms with Crippen molar-refractivity contribution in [3.05, 3.63) is 39.6 Å². The zero-order valence-corrected chi connectivity index (χ0v) is 16.8. The number of aryl methyl sites for hydroxylation is 3. The molecular formula is C18H17ClN4OS2. The van der Waals surface area contributed by atoms with Crippen molar-refractivity contribution < 1.29 is 4.79 Å². The number of aromatic nitrogens is 3. The first-order chi connectivity index (χ1) is 12.5. The molecule has 1 N–H and O–H groups in total. The van der Waals surface area contributed by atoms with Crippen molar-refractivity contribution in [1.82, 2.24) is 15.0 Å². The molecule has 0 unspecified atom stereocenters. The van der Waals surface area contributed by atoms with Gasteiger partial charge >= 0.3 is 0 Å². The molecule has 1 atom stereocenters. The van der Waals surface area contributed by atoms with E-state index in [4.69, 9.17) is 11.6 Å². The lowest BCUT2D eigenvalue weighted by molar-refractivity contribution is -0.115. The minimum Gasteiger partial charge on any atom is -0.310 e. The molecule has 1 aliphatic carbocycles. The van der Waals surface area contributed by atoms with Crippen LogP contribution in [0.15, 0.2) is 23.4 Å². The molecule has 0 aliphatic heterocycles. The van der Waals surface area contributed by atoms with Crippen LogP contribution in [0.1, 0.15) is 29.6 Å². The van der Waals surface area contributed by atoms with Gasteiger partial charge in [-0.3, -0.25) is 4.79 Å². The van der Waals surface area contributed by atoms with Gasteiger partial charge in [-0.1, -0.05) is 23.4 Å². The second kappa shape index (κ2) is 7.13. The summed E-state index contributed by atoms with van der Waals surface area (Å²) in [5, 5.41) is 5.10. The number of thiophene rings is 1. The Hall–Kier alpha value is -1.70. The van der Waals surface area contributed by atoms with Gasteiger partial charge in [0.15, 0.2) is 0 Å². The monoisotopic (exact) mass is 404 g/mol. The van der Waals surface area contributed by atoms with Gasteiger partial charge in [-0.15, -0.1) is 11.3 Å². The van der Waals surface area contributed by atoms with Crippen LogP contribution in [0.2, 0.25) is 5.02 Å². The molecule has 3 aromatic heterocycles. The van der Waals surface area contributed by atoms with Gasteiger partial charge in [-0.2, -0.15) is 0 Å². The average Bonchev–Trinajstić information content (AvgIpc) is 3.17. The van der Waals surface area contributed by atoms with Crippen molar-refractivity contribution in [2.45, 2.75) is 43.4 Å². The predicted molar refractivity (Wildman–Crippen MR) is 107 cm³/mol. The number of nitrogens with one attached hydrogen (secondary N) is 1. The highest BCUT2D eigenvalue weighted by Crippen LogP contribution is 2.41. The minimum absolute atomic E-state index is 0.110. The van der Waals surface area contributed by atoms with Gasteiger partial charge in [-0.05, 0) is 50.8 Å². The lowest BCUT2D eigenvalue weighted by Crippen LogP contribution is -2.23. The van der Waals surface area contributed by atoms with Crippen molar-refractivity contribution in [3.63, 3.8) is 0 Å². The van der Waals surface area contributed by atoms with Gasteiger partial charge in [-0.25, -0.2) is 15.0 Å². The molecule has 0 radical (unpaired) electrons. The van der Waals surface area contributed by atoms with E-state index in [0.717, 1.165) is 33.9 Å². The van der Waals surface area contributed by atoms with Crippen LogP contribution in [0.5, 0.6) is 0 Å². The van der Waals surface area contributed by atoms with Crippen molar-refractivity contribution in [3.8, 4) is 0 Å². The van der Waals surface area contributed by atoms with E-state index in [1.165, 1.54) is 34.8 Å². The fourth-order valence-electron chi connectivity index (χ4n) is 3.05. The highest BCUT2D eigenvalue weighted by atomic mass is 35.5. The first-order valence-corrected chi connectivity index (χ1v) is 10.5. The fraction of sp³-hybridized carbons (Fsp3) is 0.333. The lowest BCUT2D eigenvalue weighted by atomic mass is 10.2. The summed E-state index contributed by atoms with van der Waals surface area (Å²) >= 11 is 9.08.